The maximum atomic E-state index is 14.7. The zero-order valence-corrected chi connectivity index (χ0v) is 43.6. The summed E-state index contributed by atoms with van der Waals surface area (Å²) in [4.78, 5) is 81.3. The number of halogens is 3. The highest BCUT2D eigenvalue weighted by molar-refractivity contribution is 14.1. The molecule has 0 saturated heterocycles. The topological polar surface area (TPSA) is 390 Å². The first-order valence-electron chi connectivity index (χ1n) is 20.9. The monoisotopic (exact) mass is 1330 g/mol. The predicted molar refractivity (Wildman–Crippen MR) is 273 cm³/mol. The molecule has 0 aliphatic heterocycles. The van der Waals surface area contributed by atoms with E-state index in [4.69, 9.17) is 9.47 Å². The summed E-state index contributed by atoms with van der Waals surface area (Å²) in [6, 6.07) is 11.3. The lowest BCUT2D eigenvalue weighted by molar-refractivity contribution is -0.126. The van der Waals surface area contributed by atoms with Crippen LogP contribution in [0.3, 0.4) is 0 Å². The molecule has 0 bridgehead atoms. The van der Waals surface area contributed by atoms with Crippen molar-refractivity contribution in [2.75, 3.05) is 93.8 Å². The smallest absolute Gasteiger partial charge is 0.323 e. The molecule has 0 aliphatic carbocycles. The van der Waals surface area contributed by atoms with E-state index in [1.54, 1.807) is 92.0 Å². The van der Waals surface area contributed by atoms with Gasteiger partial charge in [-0.3, -0.25) is 24.0 Å². The first-order valence-corrected chi connectivity index (χ1v) is 24.1. The SMILES string of the molecule is CC(=O)Nc1ccc(NC(=O)Nc2ccc(C(=O)NCC(=O)Nc3c(I)c(C(=O)N(CCOCCO)C(O)C(O)C(O)CO)c(I)c(C(=O)N(CCOCCO)C(O)C(O)C(O)CO)c3I)cc2)cc1. The van der Waals surface area contributed by atoms with E-state index in [0.717, 1.165) is 0 Å². The summed E-state index contributed by atoms with van der Waals surface area (Å²) in [5.41, 5.74) is 0.258. The first kappa shape index (κ1) is 60.3. The molecule has 6 unspecified atom stereocenters. The number of nitrogens with one attached hydrogen (secondary N) is 5. The lowest BCUT2D eigenvalue weighted by Crippen LogP contribution is -2.54. The Morgan fingerprint density at radius 1 is 0.571 bits per heavy atom. The van der Waals surface area contributed by atoms with E-state index in [9.17, 15) is 79.8 Å². The van der Waals surface area contributed by atoms with Gasteiger partial charge < -0.3 is 96.9 Å². The van der Waals surface area contributed by atoms with Crippen LogP contribution >= 0.6 is 67.8 Å². The van der Waals surface area contributed by atoms with Crippen molar-refractivity contribution in [1.82, 2.24) is 15.1 Å². The Morgan fingerprint density at radius 2 is 0.971 bits per heavy atom. The molecular formula is C42H54I3N7O18. The van der Waals surface area contributed by atoms with Crippen LogP contribution in [0, 0.1) is 10.7 Å². The molecule has 3 aromatic carbocycles. The predicted octanol–water partition coefficient (Wildman–Crippen LogP) is -1.56. The summed E-state index contributed by atoms with van der Waals surface area (Å²) < 4.78 is 10.2. The van der Waals surface area contributed by atoms with Gasteiger partial charge >= 0.3 is 6.03 Å². The van der Waals surface area contributed by atoms with E-state index in [0.29, 0.717) is 26.9 Å². The second-order valence-corrected chi connectivity index (χ2v) is 17.9. The van der Waals surface area contributed by atoms with Gasteiger partial charge in [0.25, 0.3) is 17.7 Å². The number of urea groups is 1. The number of hydrogen-bond acceptors (Lipinski definition) is 18. The highest BCUT2D eigenvalue weighted by atomic mass is 127. The molecule has 25 nitrogen and oxygen atoms in total. The quantitative estimate of drug-likeness (QED) is 0.0233. The van der Waals surface area contributed by atoms with Crippen LogP contribution in [-0.2, 0) is 19.1 Å². The van der Waals surface area contributed by atoms with Crippen LogP contribution in [0.15, 0.2) is 48.5 Å². The molecule has 6 atom stereocenters. The number of benzene rings is 3. The number of ether oxygens (including phenoxy) is 2. The van der Waals surface area contributed by atoms with Gasteiger partial charge in [0.2, 0.25) is 11.8 Å². The number of anilines is 4. The number of aliphatic hydroxyl groups excluding tert-OH is 10. The number of aliphatic hydroxyl groups is 10. The Balaban J connectivity index is 2.01. The van der Waals surface area contributed by atoms with Gasteiger partial charge in [-0.05, 0) is 116 Å². The van der Waals surface area contributed by atoms with Gasteiger partial charge in [-0.1, -0.05) is 0 Å². The number of rotatable bonds is 27. The zero-order valence-electron chi connectivity index (χ0n) is 37.1. The number of amides is 7. The molecule has 28 heteroatoms. The summed E-state index contributed by atoms with van der Waals surface area (Å²) in [6.45, 7) is -4.45. The van der Waals surface area contributed by atoms with E-state index >= 15 is 0 Å². The van der Waals surface area contributed by atoms with Crippen LogP contribution in [0.2, 0.25) is 0 Å². The van der Waals surface area contributed by atoms with Crippen molar-refractivity contribution in [3.63, 3.8) is 0 Å². The summed E-state index contributed by atoms with van der Waals surface area (Å²) >= 11 is 4.93. The molecule has 386 valence electrons. The average Bonchev–Trinajstić information content (AvgIpc) is 3.33. The minimum absolute atomic E-state index is 0.0664. The number of hydrogen-bond donors (Lipinski definition) is 15. The molecule has 0 aliphatic rings. The van der Waals surface area contributed by atoms with Gasteiger partial charge in [-0.25, -0.2) is 4.79 Å². The third kappa shape index (κ3) is 17.3. The van der Waals surface area contributed by atoms with Crippen molar-refractivity contribution in [3.05, 3.63) is 75.9 Å². The summed E-state index contributed by atoms with van der Waals surface area (Å²) in [5.74, 6) is -4.20. The summed E-state index contributed by atoms with van der Waals surface area (Å²) in [6.07, 6.45) is -12.7. The maximum Gasteiger partial charge on any atom is 0.323 e. The second kappa shape index (κ2) is 30.1. The maximum absolute atomic E-state index is 14.7. The molecule has 0 spiro atoms. The normalized spacial score (nSPS) is 13.7. The van der Waals surface area contributed by atoms with Crippen molar-refractivity contribution in [1.29, 1.82) is 0 Å². The van der Waals surface area contributed by atoms with Gasteiger partial charge in [0.05, 0.1) is 83.4 Å². The fourth-order valence-corrected chi connectivity index (χ4v) is 10.4. The third-order valence-corrected chi connectivity index (χ3v) is 12.9. The molecule has 15 N–H and O–H groups in total. The number of carbonyl (C=O) groups excluding carboxylic acids is 6. The molecule has 0 heterocycles. The fraction of sp³-hybridized carbons (Fsp3) is 0.429. The fourth-order valence-electron chi connectivity index (χ4n) is 6.07. The van der Waals surface area contributed by atoms with E-state index in [1.165, 1.54) is 31.2 Å². The molecule has 3 aromatic rings. The lowest BCUT2D eigenvalue weighted by atomic mass is 10.0. The summed E-state index contributed by atoms with van der Waals surface area (Å²) in [5, 5.41) is 114. The van der Waals surface area contributed by atoms with Crippen LogP contribution < -0.4 is 26.6 Å². The standard InChI is InChI=1S/C42H54I3N7O18/c1-21(57)47-23-6-8-25(9-7-23)49-42(68)48-24-4-2-22(3-5-24)37(63)46-18-28(60)50-34-32(44)29(38(64)51(10-14-69-16-12-53)40(66)35(61)26(58)19-55)31(43)30(33(34)45)39(65)52(11-15-70-17-13-54)41(67)36(62)27(59)20-56/h2-9,26-27,35-36,40-41,53-56,58-59,61-62,66-67H,10-20H2,1H3,(H,46,63)(H,47,57)(H,50,60)(H2,48,49,68). The number of nitrogens with zero attached hydrogens (tertiary/aromatic N) is 2. The van der Waals surface area contributed by atoms with Crippen LogP contribution in [-0.4, -0.2) is 206 Å². The highest BCUT2D eigenvalue weighted by Gasteiger charge is 2.39. The Bertz CT molecular complexity index is 2170. The molecular weight excluding hydrogens is 1270 g/mol. The van der Waals surface area contributed by atoms with E-state index < -0.39 is 124 Å². The van der Waals surface area contributed by atoms with Crippen LogP contribution in [0.1, 0.15) is 38.0 Å². The molecule has 7 amide bonds. The summed E-state index contributed by atoms with van der Waals surface area (Å²) in [7, 11) is 0. The average molecular weight is 1330 g/mol. The van der Waals surface area contributed by atoms with Crippen molar-refractivity contribution in [3.8, 4) is 0 Å². The van der Waals surface area contributed by atoms with Crippen LogP contribution in [0.25, 0.3) is 0 Å². The Hall–Kier alpha value is -4.01. The minimum atomic E-state index is -2.24. The van der Waals surface area contributed by atoms with Crippen molar-refractivity contribution in [2.24, 2.45) is 0 Å². The van der Waals surface area contributed by atoms with Crippen molar-refractivity contribution < 1.29 is 89.3 Å². The Morgan fingerprint density at radius 3 is 1.36 bits per heavy atom. The van der Waals surface area contributed by atoms with Gasteiger partial charge in [0.1, 0.15) is 24.4 Å². The Labute approximate surface area is 440 Å². The second-order valence-electron chi connectivity index (χ2n) is 14.7. The van der Waals surface area contributed by atoms with Crippen LogP contribution in [0.4, 0.5) is 27.5 Å². The van der Waals surface area contributed by atoms with Crippen LogP contribution in [0.5, 0.6) is 0 Å². The first-order chi connectivity index (χ1) is 33.2. The third-order valence-electron chi connectivity index (χ3n) is 9.64. The van der Waals surface area contributed by atoms with Crippen molar-refractivity contribution >= 4 is 126 Å². The molecule has 0 fully saturated rings. The number of carbonyl (C=O) groups is 6. The molecule has 0 radical (unpaired) electrons. The van der Waals surface area contributed by atoms with Gasteiger partial charge in [-0.2, -0.15) is 0 Å². The molecule has 0 aromatic heterocycles. The van der Waals surface area contributed by atoms with E-state index in [1.807, 2.05) is 0 Å². The van der Waals surface area contributed by atoms with E-state index in [-0.39, 0.29) is 54.3 Å². The van der Waals surface area contributed by atoms with Crippen molar-refractivity contribution in [2.45, 2.75) is 43.8 Å². The Kier molecular flexibility index (Phi) is 25.9. The highest BCUT2D eigenvalue weighted by Crippen LogP contribution is 2.38. The largest absolute Gasteiger partial charge is 0.394 e. The molecule has 70 heavy (non-hydrogen) atoms. The molecule has 3 rings (SSSR count). The van der Waals surface area contributed by atoms with Gasteiger partial charge in [0.15, 0.2) is 12.5 Å². The zero-order chi connectivity index (χ0) is 52.2. The van der Waals surface area contributed by atoms with E-state index in [2.05, 4.69) is 26.6 Å². The lowest BCUT2D eigenvalue weighted by Gasteiger charge is -2.35. The van der Waals surface area contributed by atoms with Gasteiger partial charge in [0, 0.05) is 46.2 Å². The van der Waals surface area contributed by atoms with Gasteiger partial charge in [-0.15, -0.1) is 0 Å². The molecule has 0 saturated carbocycles. The minimum Gasteiger partial charge on any atom is -0.394 e.